The van der Waals surface area contributed by atoms with Crippen molar-refractivity contribution in [3.8, 4) is 0 Å². The molecule has 1 amide bonds. The second-order valence-electron chi connectivity index (χ2n) is 6.04. The molecule has 0 saturated carbocycles. The Bertz CT molecular complexity index is 486. The molecular formula is C17H24N2O. The number of amides is 1. The zero-order valence-electron chi connectivity index (χ0n) is 12.3. The van der Waals surface area contributed by atoms with Crippen molar-refractivity contribution in [2.45, 2.75) is 38.5 Å². The van der Waals surface area contributed by atoms with E-state index in [1.807, 2.05) is 11.0 Å². The fourth-order valence-corrected chi connectivity index (χ4v) is 3.55. The number of hydrogen-bond acceptors (Lipinski definition) is 2. The second kappa shape index (κ2) is 5.96. The molecule has 3 nitrogen and oxygen atoms in total. The predicted octanol–water partition coefficient (Wildman–Crippen LogP) is 2.70. The third-order valence-electron chi connectivity index (χ3n) is 4.78. The first-order chi connectivity index (χ1) is 9.77. The van der Waals surface area contributed by atoms with Crippen molar-refractivity contribution < 1.29 is 4.79 Å². The highest BCUT2D eigenvalue weighted by molar-refractivity contribution is 5.96. The molecule has 0 aliphatic carbocycles. The van der Waals surface area contributed by atoms with Gasteiger partial charge >= 0.3 is 0 Å². The van der Waals surface area contributed by atoms with Gasteiger partial charge in [0.05, 0.1) is 0 Å². The standard InChI is InChI=1S/C17H24N2O/c1-13-15(14-7-9-18-10-8-14)5-4-6-16(13)17(20)19-11-2-3-12-19/h4-6,14,18H,2-3,7-12H2,1H3. The number of carbonyl (C=O) groups excluding carboxylic acids is 1. The Hall–Kier alpha value is -1.35. The molecule has 2 fully saturated rings. The van der Waals surface area contributed by atoms with Gasteiger partial charge in [0.15, 0.2) is 0 Å². The van der Waals surface area contributed by atoms with Gasteiger partial charge in [0, 0.05) is 18.7 Å². The first kappa shape index (κ1) is 13.6. The van der Waals surface area contributed by atoms with Crippen molar-refractivity contribution in [1.29, 1.82) is 0 Å². The molecule has 3 rings (SSSR count). The van der Waals surface area contributed by atoms with Crippen molar-refractivity contribution in [3.05, 3.63) is 34.9 Å². The zero-order valence-corrected chi connectivity index (χ0v) is 12.3. The highest BCUT2D eigenvalue weighted by Crippen LogP contribution is 2.30. The van der Waals surface area contributed by atoms with Crippen molar-refractivity contribution in [1.82, 2.24) is 10.2 Å². The molecule has 3 heteroatoms. The summed E-state index contributed by atoms with van der Waals surface area (Å²) in [6, 6.07) is 6.28. The van der Waals surface area contributed by atoms with Crippen molar-refractivity contribution in [2.24, 2.45) is 0 Å². The van der Waals surface area contributed by atoms with Gasteiger partial charge in [0.2, 0.25) is 0 Å². The molecule has 108 valence electrons. The number of piperidine rings is 1. The van der Waals surface area contributed by atoms with Gasteiger partial charge in [-0.05, 0) is 68.8 Å². The number of carbonyl (C=O) groups is 1. The Kier molecular flexibility index (Phi) is 4.06. The molecule has 1 aromatic rings. The van der Waals surface area contributed by atoms with E-state index in [-0.39, 0.29) is 5.91 Å². The van der Waals surface area contributed by atoms with Gasteiger partial charge in [-0.2, -0.15) is 0 Å². The number of nitrogens with one attached hydrogen (secondary N) is 1. The monoisotopic (exact) mass is 272 g/mol. The van der Waals surface area contributed by atoms with Gasteiger partial charge in [-0.3, -0.25) is 4.79 Å². The van der Waals surface area contributed by atoms with E-state index in [9.17, 15) is 4.79 Å². The van der Waals surface area contributed by atoms with E-state index >= 15 is 0 Å². The summed E-state index contributed by atoms with van der Waals surface area (Å²) in [7, 11) is 0. The maximum atomic E-state index is 12.6. The lowest BCUT2D eigenvalue weighted by atomic mass is 9.85. The molecular weight excluding hydrogens is 248 g/mol. The van der Waals surface area contributed by atoms with E-state index in [4.69, 9.17) is 0 Å². The molecule has 2 heterocycles. The molecule has 1 N–H and O–H groups in total. The van der Waals surface area contributed by atoms with E-state index < -0.39 is 0 Å². The van der Waals surface area contributed by atoms with Crippen LogP contribution < -0.4 is 5.32 Å². The number of hydrogen-bond donors (Lipinski definition) is 1. The summed E-state index contributed by atoms with van der Waals surface area (Å²) in [4.78, 5) is 14.6. The average molecular weight is 272 g/mol. The molecule has 0 atom stereocenters. The molecule has 0 bridgehead atoms. The van der Waals surface area contributed by atoms with Crippen molar-refractivity contribution >= 4 is 5.91 Å². The van der Waals surface area contributed by atoms with Crippen LogP contribution in [0.15, 0.2) is 18.2 Å². The zero-order chi connectivity index (χ0) is 13.9. The van der Waals surface area contributed by atoms with Crippen LogP contribution in [0.1, 0.15) is 53.1 Å². The lowest BCUT2D eigenvalue weighted by Crippen LogP contribution is -2.29. The molecule has 2 aliphatic heterocycles. The average Bonchev–Trinajstić information content (AvgIpc) is 3.02. The van der Waals surface area contributed by atoms with Crippen LogP contribution in [0.2, 0.25) is 0 Å². The van der Waals surface area contributed by atoms with E-state index in [0.29, 0.717) is 5.92 Å². The maximum absolute atomic E-state index is 12.6. The summed E-state index contributed by atoms with van der Waals surface area (Å²) in [5.74, 6) is 0.846. The van der Waals surface area contributed by atoms with Crippen LogP contribution in [0.25, 0.3) is 0 Å². The highest BCUT2D eigenvalue weighted by Gasteiger charge is 2.24. The van der Waals surface area contributed by atoms with E-state index in [1.165, 1.54) is 24.0 Å². The first-order valence-corrected chi connectivity index (χ1v) is 7.87. The van der Waals surface area contributed by atoms with Gasteiger partial charge in [-0.1, -0.05) is 12.1 Å². The van der Waals surface area contributed by atoms with Gasteiger partial charge in [-0.15, -0.1) is 0 Å². The third-order valence-corrected chi connectivity index (χ3v) is 4.78. The summed E-state index contributed by atoms with van der Waals surface area (Å²) in [5.41, 5.74) is 3.51. The quantitative estimate of drug-likeness (QED) is 0.898. The summed E-state index contributed by atoms with van der Waals surface area (Å²) in [6.07, 6.45) is 4.67. The number of rotatable bonds is 2. The smallest absolute Gasteiger partial charge is 0.254 e. The minimum absolute atomic E-state index is 0.232. The summed E-state index contributed by atoms with van der Waals surface area (Å²) < 4.78 is 0. The number of likely N-dealkylation sites (tertiary alicyclic amines) is 1. The minimum Gasteiger partial charge on any atom is -0.339 e. The lowest BCUT2D eigenvalue weighted by Gasteiger charge is -2.26. The van der Waals surface area contributed by atoms with Crippen LogP contribution in [0.5, 0.6) is 0 Å². The molecule has 0 aromatic heterocycles. The maximum Gasteiger partial charge on any atom is 0.254 e. The molecule has 0 radical (unpaired) electrons. The summed E-state index contributed by atoms with van der Waals surface area (Å²) in [5, 5.41) is 3.41. The first-order valence-electron chi connectivity index (χ1n) is 7.87. The van der Waals surface area contributed by atoms with Gasteiger partial charge in [-0.25, -0.2) is 0 Å². The molecule has 0 unspecified atom stereocenters. The van der Waals surface area contributed by atoms with Crippen LogP contribution in [0.4, 0.5) is 0 Å². The molecule has 2 saturated heterocycles. The largest absolute Gasteiger partial charge is 0.339 e. The van der Waals surface area contributed by atoms with Crippen LogP contribution in [0.3, 0.4) is 0 Å². The van der Waals surface area contributed by atoms with Crippen molar-refractivity contribution in [3.63, 3.8) is 0 Å². The third kappa shape index (κ3) is 2.59. The molecule has 0 spiro atoms. The van der Waals surface area contributed by atoms with Crippen LogP contribution >= 0.6 is 0 Å². The van der Waals surface area contributed by atoms with Crippen LogP contribution in [-0.4, -0.2) is 37.0 Å². The van der Waals surface area contributed by atoms with E-state index in [0.717, 1.165) is 44.6 Å². The number of benzene rings is 1. The Balaban J connectivity index is 1.86. The fraction of sp³-hybridized carbons (Fsp3) is 0.588. The molecule has 2 aliphatic rings. The van der Waals surface area contributed by atoms with Crippen LogP contribution in [0, 0.1) is 6.92 Å². The number of nitrogens with zero attached hydrogens (tertiary/aromatic N) is 1. The van der Waals surface area contributed by atoms with Crippen LogP contribution in [-0.2, 0) is 0 Å². The lowest BCUT2D eigenvalue weighted by molar-refractivity contribution is 0.0792. The Morgan fingerprint density at radius 3 is 2.60 bits per heavy atom. The fourth-order valence-electron chi connectivity index (χ4n) is 3.55. The highest BCUT2D eigenvalue weighted by atomic mass is 16.2. The molecule has 1 aromatic carbocycles. The summed E-state index contributed by atoms with van der Waals surface area (Å²) >= 11 is 0. The van der Waals surface area contributed by atoms with Gasteiger partial charge in [0.1, 0.15) is 0 Å². The normalized spacial score (nSPS) is 20.4. The molecule has 20 heavy (non-hydrogen) atoms. The van der Waals surface area contributed by atoms with Crippen molar-refractivity contribution in [2.75, 3.05) is 26.2 Å². The predicted molar refractivity (Wildman–Crippen MR) is 81.2 cm³/mol. The Morgan fingerprint density at radius 2 is 1.90 bits per heavy atom. The van der Waals surface area contributed by atoms with E-state index in [1.54, 1.807) is 0 Å². The topological polar surface area (TPSA) is 32.3 Å². The summed E-state index contributed by atoms with van der Waals surface area (Å²) in [6.45, 7) is 6.16. The van der Waals surface area contributed by atoms with E-state index in [2.05, 4.69) is 24.4 Å². The Morgan fingerprint density at radius 1 is 1.20 bits per heavy atom. The van der Waals surface area contributed by atoms with Gasteiger partial charge < -0.3 is 10.2 Å². The second-order valence-corrected chi connectivity index (χ2v) is 6.04. The van der Waals surface area contributed by atoms with Gasteiger partial charge in [0.25, 0.3) is 5.91 Å². The SMILES string of the molecule is Cc1c(C(=O)N2CCCC2)cccc1C1CCNCC1. The Labute approximate surface area is 121 Å². The minimum atomic E-state index is 0.232.